The first-order valence-electron chi connectivity index (χ1n) is 6.80. The Balaban J connectivity index is 1.91. The van der Waals surface area contributed by atoms with Crippen molar-refractivity contribution in [1.29, 1.82) is 0 Å². The van der Waals surface area contributed by atoms with Gasteiger partial charge in [-0.3, -0.25) is 0 Å². The summed E-state index contributed by atoms with van der Waals surface area (Å²) in [5.74, 6) is 1.67. The number of hydrogen-bond acceptors (Lipinski definition) is 2. The highest BCUT2D eigenvalue weighted by atomic mass is 35.5. The van der Waals surface area contributed by atoms with Crippen LogP contribution in [0.4, 0.5) is 5.82 Å². The predicted molar refractivity (Wildman–Crippen MR) is 75.9 cm³/mol. The van der Waals surface area contributed by atoms with Gasteiger partial charge in [0.2, 0.25) is 0 Å². The largest absolute Gasteiger partial charge is 0.365 e. The van der Waals surface area contributed by atoms with Crippen LogP contribution in [-0.4, -0.2) is 11.0 Å². The monoisotopic (exact) mass is 264 g/mol. The van der Waals surface area contributed by atoms with Crippen LogP contribution in [0.25, 0.3) is 0 Å². The third-order valence-electron chi connectivity index (χ3n) is 5.31. The average molecular weight is 265 g/mol. The van der Waals surface area contributed by atoms with E-state index in [0.29, 0.717) is 16.9 Å². The van der Waals surface area contributed by atoms with Gasteiger partial charge in [-0.15, -0.1) is 0 Å². The first kappa shape index (κ1) is 12.3. The second-order valence-corrected chi connectivity index (χ2v) is 7.23. The zero-order valence-electron chi connectivity index (χ0n) is 11.3. The lowest BCUT2D eigenvalue weighted by molar-refractivity contribution is 0.155. The number of rotatable bonds is 2. The molecule has 98 valence electrons. The van der Waals surface area contributed by atoms with Crippen LogP contribution in [0, 0.1) is 16.7 Å². The van der Waals surface area contributed by atoms with E-state index in [2.05, 4.69) is 31.1 Å². The van der Waals surface area contributed by atoms with Crippen LogP contribution in [0.5, 0.6) is 0 Å². The fraction of sp³-hybridized carbons (Fsp3) is 0.667. The number of halogens is 1. The van der Waals surface area contributed by atoms with Gasteiger partial charge in [-0.2, -0.15) is 0 Å². The van der Waals surface area contributed by atoms with E-state index in [4.69, 9.17) is 11.6 Å². The smallest absolute Gasteiger partial charge is 0.145 e. The number of aromatic nitrogens is 1. The topological polar surface area (TPSA) is 24.9 Å². The Bertz CT molecular complexity index is 467. The Morgan fingerprint density at radius 3 is 2.78 bits per heavy atom. The SMILES string of the molecule is CC12CCC(C1)C(C)(C)C2Nc1ncccc1Cl. The fourth-order valence-electron chi connectivity index (χ4n) is 4.29. The first-order valence-corrected chi connectivity index (χ1v) is 7.18. The van der Waals surface area contributed by atoms with Gasteiger partial charge in [0.1, 0.15) is 5.82 Å². The molecule has 18 heavy (non-hydrogen) atoms. The molecular weight excluding hydrogens is 244 g/mol. The summed E-state index contributed by atoms with van der Waals surface area (Å²) in [6.07, 6.45) is 5.83. The van der Waals surface area contributed by atoms with Crippen LogP contribution in [-0.2, 0) is 0 Å². The summed E-state index contributed by atoms with van der Waals surface area (Å²) >= 11 is 6.22. The quantitative estimate of drug-likeness (QED) is 0.858. The molecule has 0 spiro atoms. The van der Waals surface area contributed by atoms with Crippen LogP contribution >= 0.6 is 11.6 Å². The molecule has 0 amide bonds. The summed E-state index contributed by atoms with van der Waals surface area (Å²) in [5, 5.41) is 4.35. The first-order chi connectivity index (χ1) is 8.43. The summed E-state index contributed by atoms with van der Waals surface area (Å²) in [4.78, 5) is 4.38. The van der Waals surface area contributed by atoms with E-state index in [-0.39, 0.29) is 0 Å². The summed E-state index contributed by atoms with van der Waals surface area (Å²) in [7, 11) is 0. The summed E-state index contributed by atoms with van der Waals surface area (Å²) < 4.78 is 0. The lowest BCUT2D eigenvalue weighted by Gasteiger charge is -2.43. The van der Waals surface area contributed by atoms with E-state index in [1.54, 1.807) is 6.20 Å². The van der Waals surface area contributed by atoms with Crippen molar-refractivity contribution in [1.82, 2.24) is 4.98 Å². The lowest BCUT2D eigenvalue weighted by atomic mass is 9.68. The Labute approximate surface area is 114 Å². The zero-order valence-corrected chi connectivity index (χ0v) is 12.1. The number of hydrogen-bond donors (Lipinski definition) is 1. The molecule has 1 heterocycles. The van der Waals surface area contributed by atoms with E-state index in [1.165, 1.54) is 19.3 Å². The van der Waals surface area contributed by atoms with Crippen molar-refractivity contribution in [3.63, 3.8) is 0 Å². The van der Waals surface area contributed by atoms with Crippen molar-refractivity contribution in [3.8, 4) is 0 Å². The molecule has 2 nitrogen and oxygen atoms in total. The third kappa shape index (κ3) is 1.65. The van der Waals surface area contributed by atoms with Crippen LogP contribution in [0.15, 0.2) is 18.3 Å². The van der Waals surface area contributed by atoms with Crippen molar-refractivity contribution >= 4 is 17.4 Å². The van der Waals surface area contributed by atoms with Gasteiger partial charge in [-0.05, 0) is 48.1 Å². The van der Waals surface area contributed by atoms with Crippen LogP contribution in [0.2, 0.25) is 5.02 Å². The molecule has 1 aromatic rings. The number of nitrogens with one attached hydrogen (secondary N) is 1. The molecule has 2 bridgehead atoms. The van der Waals surface area contributed by atoms with Gasteiger partial charge >= 0.3 is 0 Å². The Morgan fingerprint density at radius 1 is 1.39 bits per heavy atom. The van der Waals surface area contributed by atoms with Crippen molar-refractivity contribution < 1.29 is 0 Å². The van der Waals surface area contributed by atoms with Gasteiger partial charge in [0.15, 0.2) is 0 Å². The number of pyridine rings is 1. The Kier molecular flexibility index (Phi) is 2.64. The molecule has 3 atom stereocenters. The van der Waals surface area contributed by atoms with Crippen LogP contribution < -0.4 is 5.32 Å². The van der Waals surface area contributed by atoms with Gasteiger partial charge in [-0.1, -0.05) is 32.4 Å². The predicted octanol–water partition coefficient (Wildman–Crippen LogP) is 4.36. The highest BCUT2D eigenvalue weighted by Crippen LogP contribution is 2.63. The van der Waals surface area contributed by atoms with Gasteiger partial charge in [0, 0.05) is 12.2 Å². The minimum atomic E-state index is 0.327. The summed E-state index contributed by atoms with van der Waals surface area (Å²) in [6, 6.07) is 4.25. The molecule has 0 aromatic carbocycles. The summed E-state index contributed by atoms with van der Waals surface area (Å²) in [5.41, 5.74) is 0.725. The van der Waals surface area contributed by atoms with E-state index in [1.807, 2.05) is 12.1 Å². The second kappa shape index (κ2) is 3.86. The molecule has 0 aliphatic heterocycles. The molecule has 3 heteroatoms. The number of fused-ring (bicyclic) bond motifs is 2. The van der Waals surface area contributed by atoms with Crippen LogP contribution in [0.1, 0.15) is 40.0 Å². The normalized spacial score (nSPS) is 36.9. The molecule has 2 saturated carbocycles. The zero-order chi connectivity index (χ0) is 13.0. The van der Waals surface area contributed by atoms with Gasteiger partial charge < -0.3 is 5.32 Å². The Hall–Kier alpha value is -0.760. The molecule has 1 aromatic heterocycles. The second-order valence-electron chi connectivity index (χ2n) is 6.83. The third-order valence-corrected chi connectivity index (χ3v) is 5.61. The van der Waals surface area contributed by atoms with E-state index in [0.717, 1.165) is 16.8 Å². The minimum absolute atomic E-state index is 0.327. The van der Waals surface area contributed by atoms with Crippen molar-refractivity contribution in [2.24, 2.45) is 16.7 Å². The Morgan fingerprint density at radius 2 is 2.17 bits per heavy atom. The number of anilines is 1. The van der Waals surface area contributed by atoms with Gasteiger partial charge in [0.05, 0.1) is 5.02 Å². The maximum atomic E-state index is 6.22. The van der Waals surface area contributed by atoms with E-state index in [9.17, 15) is 0 Å². The van der Waals surface area contributed by atoms with Crippen molar-refractivity contribution in [3.05, 3.63) is 23.4 Å². The van der Waals surface area contributed by atoms with Gasteiger partial charge in [-0.25, -0.2) is 4.98 Å². The molecule has 2 fully saturated rings. The average Bonchev–Trinajstić information content (AvgIpc) is 2.78. The molecule has 3 rings (SSSR count). The maximum absolute atomic E-state index is 6.22. The molecule has 1 N–H and O–H groups in total. The standard InChI is InChI=1S/C15H21ClN2/c1-14(2)10-6-7-15(3,9-10)13(14)18-12-11(16)5-4-8-17-12/h4-5,8,10,13H,6-7,9H2,1-3H3,(H,17,18). The highest BCUT2D eigenvalue weighted by molar-refractivity contribution is 6.32. The molecule has 0 saturated heterocycles. The van der Waals surface area contributed by atoms with Crippen LogP contribution in [0.3, 0.4) is 0 Å². The van der Waals surface area contributed by atoms with E-state index < -0.39 is 0 Å². The minimum Gasteiger partial charge on any atom is -0.365 e. The molecule has 0 radical (unpaired) electrons. The lowest BCUT2D eigenvalue weighted by Crippen LogP contribution is -2.46. The molecule has 2 aliphatic carbocycles. The fourth-order valence-corrected chi connectivity index (χ4v) is 4.47. The molecular formula is C15H21ClN2. The van der Waals surface area contributed by atoms with Gasteiger partial charge in [0.25, 0.3) is 0 Å². The maximum Gasteiger partial charge on any atom is 0.145 e. The van der Waals surface area contributed by atoms with Crippen molar-refractivity contribution in [2.75, 3.05) is 5.32 Å². The van der Waals surface area contributed by atoms with Crippen molar-refractivity contribution in [2.45, 2.75) is 46.1 Å². The summed E-state index contributed by atoms with van der Waals surface area (Å²) in [6.45, 7) is 7.18. The molecule has 2 aliphatic rings. The highest BCUT2D eigenvalue weighted by Gasteiger charge is 2.59. The number of nitrogens with zero attached hydrogens (tertiary/aromatic N) is 1. The molecule has 3 unspecified atom stereocenters. The van der Waals surface area contributed by atoms with E-state index >= 15 is 0 Å².